The lowest BCUT2D eigenvalue weighted by molar-refractivity contribution is -0.167. The largest absolute Gasteiger partial charge is 0.462 e. The second-order valence-electron chi connectivity index (χ2n) is 20.2. The van der Waals surface area contributed by atoms with Gasteiger partial charge in [-0.05, 0) is 109 Å². The summed E-state index contributed by atoms with van der Waals surface area (Å²) >= 11 is 0. The molecule has 0 aromatic rings. The lowest BCUT2D eigenvalue weighted by Gasteiger charge is -2.18. The zero-order valence-corrected chi connectivity index (χ0v) is 47.4. The van der Waals surface area contributed by atoms with E-state index in [1.54, 1.807) is 0 Å². The Morgan fingerprint density at radius 3 is 0.917 bits per heavy atom. The maximum atomic E-state index is 12.9. The Morgan fingerprint density at radius 1 is 0.292 bits per heavy atom. The van der Waals surface area contributed by atoms with Crippen LogP contribution in [0, 0.1) is 0 Å². The maximum Gasteiger partial charge on any atom is 0.306 e. The number of ether oxygens (including phenoxy) is 3. The molecule has 0 aliphatic heterocycles. The summed E-state index contributed by atoms with van der Waals surface area (Å²) in [6, 6.07) is 0. The molecule has 0 aliphatic carbocycles. The zero-order chi connectivity index (χ0) is 52.2. The number of hydrogen-bond donors (Lipinski definition) is 0. The highest BCUT2D eigenvalue weighted by atomic mass is 16.6. The molecule has 1 atom stereocenters. The number of allylic oxidation sites excluding steroid dienone is 14. The van der Waals surface area contributed by atoms with Gasteiger partial charge >= 0.3 is 17.9 Å². The molecule has 0 N–H and O–H groups in total. The highest BCUT2D eigenvalue weighted by molar-refractivity contribution is 5.71. The first-order valence-electron chi connectivity index (χ1n) is 30.6. The predicted molar refractivity (Wildman–Crippen MR) is 311 cm³/mol. The third-order valence-corrected chi connectivity index (χ3v) is 13.1. The summed E-state index contributed by atoms with van der Waals surface area (Å²) < 4.78 is 16.9. The Labute approximate surface area is 445 Å². The van der Waals surface area contributed by atoms with Crippen LogP contribution >= 0.6 is 0 Å². The van der Waals surface area contributed by atoms with Gasteiger partial charge in [0.1, 0.15) is 13.2 Å². The topological polar surface area (TPSA) is 78.9 Å². The van der Waals surface area contributed by atoms with Crippen LogP contribution in [0.4, 0.5) is 0 Å². The molecule has 0 fully saturated rings. The first-order valence-corrected chi connectivity index (χ1v) is 30.6. The third-order valence-electron chi connectivity index (χ3n) is 13.1. The summed E-state index contributed by atoms with van der Waals surface area (Å²) in [5.41, 5.74) is 0. The lowest BCUT2D eigenvalue weighted by atomic mass is 10.1. The van der Waals surface area contributed by atoms with E-state index in [-0.39, 0.29) is 31.1 Å². The number of esters is 3. The van der Waals surface area contributed by atoms with Gasteiger partial charge in [-0.15, -0.1) is 0 Å². The second-order valence-corrected chi connectivity index (χ2v) is 20.2. The summed E-state index contributed by atoms with van der Waals surface area (Å²) in [5.74, 6) is -0.900. The Bertz CT molecular complexity index is 1380. The van der Waals surface area contributed by atoms with Crippen molar-refractivity contribution in [3.8, 4) is 0 Å². The minimum Gasteiger partial charge on any atom is -0.462 e. The molecular formula is C66H114O6. The van der Waals surface area contributed by atoms with Crippen LogP contribution in [0.25, 0.3) is 0 Å². The van der Waals surface area contributed by atoms with Gasteiger partial charge in [0.05, 0.1) is 0 Å². The second kappa shape index (κ2) is 60.1. The lowest BCUT2D eigenvalue weighted by Crippen LogP contribution is -2.30. The van der Waals surface area contributed by atoms with Crippen LogP contribution in [0.1, 0.15) is 297 Å². The monoisotopic (exact) mass is 1000 g/mol. The summed E-state index contributed by atoms with van der Waals surface area (Å²) in [4.78, 5) is 38.2. The fraction of sp³-hybridized carbons (Fsp3) is 0.742. The number of carbonyl (C=O) groups excluding carboxylic acids is 3. The summed E-state index contributed by atoms with van der Waals surface area (Å²) in [5, 5.41) is 0. The van der Waals surface area contributed by atoms with Crippen molar-refractivity contribution in [2.75, 3.05) is 13.2 Å². The molecule has 0 aromatic carbocycles. The minimum absolute atomic E-state index is 0.0847. The van der Waals surface area contributed by atoms with Crippen molar-refractivity contribution in [1.82, 2.24) is 0 Å². The van der Waals surface area contributed by atoms with Crippen LogP contribution < -0.4 is 0 Å². The number of rotatable bonds is 55. The predicted octanol–water partition coefficient (Wildman–Crippen LogP) is 20.7. The zero-order valence-electron chi connectivity index (χ0n) is 47.4. The van der Waals surface area contributed by atoms with Gasteiger partial charge in [-0.1, -0.05) is 254 Å². The quantitative estimate of drug-likeness (QED) is 0.0261. The van der Waals surface area contributed by atoms with Crippen molar-refractivity contribution in [1.29, 1.82) is 0 Å². The van der Waals surface area contributed by atoms with E-state index < -0.39 is 6.10 Å². The van der Waals surface area contributed by atoms with Crippen molar-refractivity contribution in [3.05, 3.63) is 85.1 Å². The molecule has 0 heterocycles. The average Bonchev–Trinajstić information content (AvgIpc) is 3.38. The Hall–Kier alpha value is -3.41. The molecule has 0 aliphatic rings. The fourth-order valence-electron chi connectivity index (χ4n) is 8.53. The highest BCUT2D eigenvalue weighted by Crippen LogP contribution is 2.16. The Kier molecular flexibility index (Phi) is 57.3. The summed E-state index contributed by atoms with van der Waals surface area (Å²) in [6.45, 7) is 6.47. The van der Waals surface area contributed by atoms with E-state index in [0.717, 1.165) is 109 Å². The number of unbranched alkanes of at least 4 members (excludes halogenated alkanes) is 30. The minimum atomic E-state index is -0.786. The van der Waals surface area contributed by atoms with E-state index in [2.05, 4.69) is 106 Å². The van der Waals surface area contributed by atoms with E-state index in [4.69, 9.17) is 14.2 Å². The van der Waals surface area contributed by atoms with Gasteiger partial charge in [0.2, 0.25) is 0 Å². The Morgan fingerprint density at radius 2 is 0.569 bits per heavy atom. The first kappa shape index (κ1) is 68.6. The number of carbonyl (C=O) groups is 3. The molecule has 0 rings (SSSR count). The van der Waals surface area contributed by atoms with Gasteiger partial charge in [0.15, 0.2) is 6.10 Å². The van der Waals surface area contributed by atoms with Crippen molar-refractivity contribution < 1.29 is 28.6 Å². The summed E-state index contributed by atoms with van der Waals surface area (Å²) in [7, 11) is 0. The van der Waals surface area contributed by atoms with E-state index in [1.165, 1.54) is 148 Å². The molecule has 1 unspecified atom stereocenters. The Balaban J connectivity index is 4.30. The number of hydrogen-bond acceptors (Lipinski definition) is 6. The standard InChI is InChI=1S/C66H114O6/c1-4-7-10-13-16-19-22-24-26-28-30-32-33-35-36-38-40-42-44-47-50-53-56-59-65(68)71-62-63(61-70-64(67)58-55-52-49-46-21-18-15-12-9-6-3)72-66(69)60-57-54-51-48-45-43-41-39-37-34-31-29-27-25-23-20-17-14-11-8-5-2/h7,10,12,15-16,19,24,26,29-32,35-36,63H,4-6,8-9,11,13-14,17-18,20-23,25,27-28,33-34,37-62H2,1-3H3/b10-7-,15-12-,19-16-,26-24-,31-29-,32-30-,36-35-. The van der Waals surface area contributed by atoms with Crippen LogP contribution in [0.3, 0.4) is 0 Å². The molecule has 0 saturated heterocycles. The van der Waals surface area contributed by atoms with Crippen molar-refractivity contribution in [3.63, 3.8) is 0 Å². The molecule has 0 aromatic heterocycles. The SMILES string of the molecule is CC/C=C\C/C=C\C/C=C\C/C=C\C/C=C\CCCCCCCCCC(=O)OCC(COC(=O)CCCCCCC/C=C\CCC)OC(=O)CCCCCCCCCCC/C=C\CCCCCCCCCC. The smallest absolute Gasteiger partial charge is 0.306 e. The molecule has 0 saturated carbocycles. The van der Waals surface area contributed by atoms with Crippen LogP contribution in [0.15, 0.2) is 85.1 Å². The highest BCUT2D eigenvalue weighted by Gasteiger charge is 2.19. The molecule has 0 amide bonds. The fourth-order valence-corrected chi connectivity index (χ4v) is 8.53. The van der Waals surface area contributed by atoms with Crippen molar-refractivity contribution in [2.45, 2.75) is 303 Å². The van der Waals surface area contributed by atoms with Gasteiger partial charge in [-0.25, -0.2) is 0 Å². The van der Waals surface area contributed by atoms with Crippen LogP contribution in [0.5, 0.6) is 0 Å². The molecule has 0 bridgehead atoms. The van der Waals surface area contributed by atoms with Gasteiger partial charge < -0.3 is 14.2 Å². The van der Waals surface area contributed by atoms with Crippen LogP contribution in [0.2, 0.25) is 0 Å². The molecule has 72 heavy (non-hydrogen) atoms. The molecule has 6 nitrogen and oxygen atoms in total. The maximum absolute atomic E-state index is 12.9. The van der Waals surface area contributed by atoms with Crippen LogP contribution in [-0.4, -0.2) is 37.2 Å². The van der Waals surface area contributed by atoms with Gasteiger partial charge in [0.25, 0.3) is 0 Å². The molecule has 0 spiro atoms. The molecule has 414 valence electrons. The average molecular weight is 1000 g/mol. The van der Waals surface area contributed by atoms with Gasteiger partial charge in [0, 0.05) is 19.3 Å². The van der Waals surface area contributed by atoms with Crippen LogP contribution in [-0.2, 0) is 28.6 Å². The molecule has 0 radical (unpaired) electrons. The first-order chi connectivity index (χ1) is 35.5. The van der Waals surface area contributed by atoms with E-state index in [9.17, 15) is 14.4 Å². The van der Waals surface area contributed by atoms with Gasteiger partial charge in [-0.3, -0.25) is 14.4 Å². The third kappa shape index (κ3) is 57.5. The molecular weight excluding hydrogens is 889 g/mol. The summed E-state index contributed by atoms with van der Waals surface area (Å²) in [6.07, 6.45) is 78.7. The van der Waals surface area contributed by atoms with Crippen molar-refractivity contribution >= 4 is 17.9 Å². The van der Waals surface area contributed by atoms with E-state index in [0.29, 0.717) is 19.3 Å². The molecule has 6 heteroatoms. The van der Waals surface area contributed by atoms with E-state index >= 15 is 0 Å². The van der Waals surface area contributed by atoms with E-state index in [1.807, 2.05) is 0 Å². The van der Waals surface area contributed by atoms with Gasteiger partial charge in [-0.2, -0.15) is 0 Å². The normalized spacial score (nSPS) is 12.7. The van der Waals surface area contributed by atoms with Crippen molar-refractivity contribution in [2.24, 2.45) is 0 Å².